The van der Waals surface area contributed by atoms with E-state index in [2.05, 4.69) is 0 Å². The molecule has 92 valence electrons. The van der Waals surface area contributed by atoms with E-state index in [4.69, 9.17) is 10.7 Å². The van der Waals surface area contributed by atoms with Crippen LogP contribution in [0.1, 0.15) is 29.2 Å². The summed E-state index contributed by atoms with van der Waals surface area (Å²) in [6.07, 6.45) is 1.66. The number of benzene rings is 1. The minimum Gasteiger partial charge on any atom is -0.258 e. The molecule has 0 aliphatic heterocycles. The van der Waals surface area contributed by atoms with Crippen LogP contribution in [-0.2, 0) is 15.5 Å². The summed E-state index contributed by atoms with van der Waals surface area (Å²) in [6, 6.07) is 4.61. The van der Waals surface area contributed by atoms with Crippen LogP contribution in [0.2, 0.25) is 0 Å². The molecule has 17 heavy (non-hydrogen) atoms. The van der Waals surface area contributed by atoms with E-state index in [0.29, 0.717) is 24.8 Å². The third kappa shape index (κ3) is 2.28. The molecule has 5 nitrogen and oxygen atoms in total. The van der Waals surface area contributed by atoms with Crippen LogP contribution in [0.4, 0.5) is 5.69 Å². The van der Waals surface area contributed by atoms with Crippen molar-refractivity contribution in [2.45, 2.75) is 24.5 Å². The Bertz CT molecular complexity index is 570. The first-order chi connectivity index (χ1) is 7.91. The maximum Gasteiger partial charge on any atom is 0.274 e. The van der Waals surface area contributed by atoms with Gasteiger partial charge in [-0.25, -0.2) is 8.42 Å². The van der Waals surface area contributed by atoms with E-state index >= 15 is 0 Å². The molecule has 0 spiro atoms. The Morgan fingerprint density at radius 3 is 2.71 bits per heavy atom. The van der Waals surface area contributed by atoms with Crippen LogP contribution in [0.3, 0.4) is 0 Å². The van der Waals surface area contributed by atoms with Gasteiger partial charge in [0.15, 0.2) is 0 Å². The van der Waals surface area contributed by atoms with Crippen molar-refractivity contribution in [2.24, 2.45) is 0 Å². The molecular formula is C10H10ClNO4S. The van der Waals surface area contributed by atoms with E-state index in [9.17, 15) is 18.5 Å². The standard InChI is InChI=1S/C10H10ClNO4S/c11-17(15,16)9-6-2-4-7-3-1-5-8(10(7)9)12(13)14/h1,3,5,9H,2,4,6H2. The molecule has 1 aromatic carbocycles. The SMILES string of the molecule is O=[N+]([O-])c1cccc2c1C(S(=O)(=O)Cl)CCC2. The molecule has 0 N–H and O–H groups in total. The Balaban J connectivity index is 2.67. The highest BCUT2D eigenvalue weighted by atomic mass is 35.7. The minimum atomic E-state index is -3.83. The molecule has 0 heterocycles. The van der Waals surface area contributed by atoms with Crippen LogP contribution in [0.5, 0.6) is 0 Å². The van der Waals surface area contributed by atoms with Crippen LogP contribution in [0.25, 0.3) is 0 Å². The molecule has 0 saturated carbocycles. The summed E-state index contributed by atoms with van der Waals surface area (Å²) in [6.45, 7) is 0. The molecule has 1 aliphatic carbocycles. The first kappa shape index (κ1) is 12.3. The quantitative estimate of drug-likeness (QED) is 0.472. The Hall–Kier alpha value is -1.14. The van der Waals surface area contributed by atoms with Crippen molar-refractivity contribution in [3.05, 3.63) is 39.4 Å². The molecule has 1 atom stereocenters. The van der Waals surface area contributed by atoms with Gasteiger partial charge in [0, 0.05) is 16.7 Å². The molecule has 0 aromatic heterocycles. The van der Waals surface area contributed by atoms with Crippen LogP contribution in [0.15, 0.2) is 18.2 Å². The van der Waals surface area contributed by atoms with Gasteiger partial charge in [-0.2, -0.15) is 0 Å². The fraction of sp³-hybridized carbons (Fsp3) is 0.400. The number of rotatable bonds is 2. The van der Waals surface area contributed by atoms with Crippen molar-refractivity contribution >= 4 is 25.4 Å². The van der Waals surface area contributed by atoms with Crippen molar-refractivity contribution in [1.82, 2.24) is 0 Å². The zero-order valence-electron chi connectivity index (χ0n) is 8.80. The Morgan fingerprint density at radius 2 is 2.12 bits per heavy atom. The van der Waals surface area contributed by atoms with Gasteiger partial charge in [0.05, 0.1) is 10.5 Å². The number of fused-ring (bicyclic) bond motifs is 1. The predicted octanol–water partition coefficient (Wildman–Crippen LogP) is 2.54. The third-order valence-corrected chi connectivity index (χ3v) is 4.74. The summed E-state index contributed by atoms with van der Waals surface area (Å²) in [4.78, 5) is 10.4. The van der Waals surface area contributed by atoms with E-state index in [-0.39, 0.29) is 11.3 Å². The monoisotopic (exact) mass is 275 g/mol. The van der Waals surface area contributed by atoms with Crippen LogP contribution < -0.4 is 0 Å². The smallest absolute Gasteiger partial charge is 0.258 e. The molecule has 0 amide bonds. The van der Waals surface area contributed by atoms with Crippen LogP contribution in [0, 0.1) is 10.1 Å². The summed E-state index contributed by atoms with van der Waals surface area (Å²) in [7, 11) is 1.54. The molecule has 7 heteroatoms. The summed E-state index contributed by atoms with van der Waals surface area (Å²) >= 11 is 0. The molecular weight excluding hydrogens is 266 g/mol. The molecule has 1 aromatic rings. The number of nitrogens with zero attached hydrogens (tertiary/aromatic N) is 1. The van der Waals surface area contributed by atoms with E-state index in [1.165, 1.54) is 6.07 Å². The van der Waals surface area contributed by atoms with E-state index in [1.807, 2.05) is 0 Å². The summed E-state index contributed by atoms with van der Waals surface area (Å²) in [5.74, 6) is 0. The normalized spacial score (nSPS) is 19.7. The summed E-state index contributed by atoms with van der Waals surface area (Å²) in [5, 5.41) is 9.95. The van der Waals surface area contributed by atoms with Crippen molar-refractivity contribution in [3.63, 3.8) is 0 Å². The molecule has 0 saturated heterocycles. The number of nitro groups is 1. The molecule has 0 bridgehead atoms. The van der Waals surface area contributed by atoms with Gasteiger partial charge in [-0.3, -0.25) is 10.1 Å². The van der Waals surface area contributed by atoms with E-state index < -0.39 is 19.2 Å². The van der Waals surface area contributed by atoms with Gasteiger partial charge in [-0.15, -0.1) is 0 Å². The molecule has 0 fully saturated rings. The van der Waals surface area contributed by atoms with Crippen molar-refractivity contribution < 1.29 is 13.3 Å². The fourth-order valence-electron chi connectivity index (χ4n) is 2.25. The van der Waals surface area contributed by atoms with Crippen molar-refractivity contribution in [2.75, 3.05) is 0 Å². The predicted molar refractivity (Wildman–Crippen MR) is 63.5 cm³/mol. The molecule has 1 unspecified atom stereocenters. The maximum atomic E-state index is 11.5. The van der Waals surface area contributed by atoms with Gasteiger partial charge in [-0.1, -0.05) is 12.1 Å². The summed E-state index contributed by atoms with van der Waals surface area (Å²) < 4.78 is 22.9. The maximum absolute atomic E-state index is 11.5. The highest BCUT2D eigenvalue weighted by Gasteiger charge is 2.35. The number of hydrogen-bond donors (Lipinski definition) is 0. The number of halogens is 1. The van der Waals surface area contributed by atoms with Gasteiger partial charge in [0.2, 0.25) is 9.05 Å². The van der Waals surface area contributed by atoms with Gasteiger partial charge < -0.3 is 0 Å². The second-order valence-electron chi connectivity index (χ2n) is 3.96. The van der Waals surface area contributed by atoms with Crippen molar-refractivity contribution in [1.29, 1.82) is 0 Å². The lowest BCUT2D eigenvalue weighted by molar-refractivity contribution is -0.385. The van der Waals surface area contributed by atoms with Gasteiger partial charge in [-0.05, 0) is 24.8 Å². The number of aryl methyl sites for hydroxylation is 1. The average Bonchev–Trinajstić information content (AvgIpc) is 2.26. The summed E-state index contributed by atoms with van der Waals surface area (Å²) in [5.41, 5.74) is 0.815. The highest BCUT2D eigenvalue weighted by Crippen LogP contribution is 2.42. The highest BCUT2D eigenvalue weighted by molar-refractivity contribution is 8.13. The van der Waals surface area contributed by atoms with Crippen LogP contribution >= 0.6 is 10.7 Å². The lowest BCUT2D eigenvalue weighted by Crippen LogP contribution is -2.17. The van der Waals surface area contributed by atoms with Gasteiger partial charge >= 0.3 is 0 Å². The molecule has 0 radical (unpaired) electrons. The Labute approximate surface area is 103 Å². The van der Waals surface area contributed by atoms with E-state index in [1.54, 1.807) is 12.1 Å². The Morgan fingerprint density at radius 1 is 1.41 bits per heavy atom. The van der Waals surface area contributed by atoms with Gasteiger partial charge in [0.25, 0.3) is 5.69 Å². The molecule has 2 rings (SSSR count). The lowest BCUT2D eigenvalue weighted by atomic mass is 9.90. The van der Waals surface area contributed by atoms with E-state index in [0.717, 1.165) is 0 Å². The molecule has 1 aliphatic rings. The Kier molecular flexibility index (Phi) is 3.09. The fourth-order valence-corrected chi connectivity index (χ4v) is 3.79. The lowest BCUT2D eigenvalue weighted by Gasteiger charge is -2.22. The van der Waals surface area contributed by atoms with Gasteiger partial charge in [0.1, 0.15) is 5.25 Å². The topological polar surface area (TPSA) is 77.3 Å². The number of hydrogen-bond acceptors (Lipinski definition) is 4. The second-order valence-corrected chi connectivity index (χ2v) is 6.77. The number of nitro benzene ring substituents is 1. The zero-order valence-corrected chi connectivity index (χ0v) is 10.4. The first-order valence-corrected chi connectivity index (χ1v) is 7.48. The van der Waals surface area contributed by atoms with Crippen molar-refractivity contribution in [3.8, 4) is 0 Å². The zero-order chi connectivity index (χ0) is 12.6. The first-order valence-electron chi connectivity index (χ1n) is 5.11. The third-order valence-electron chi connectivity index (χ3n) is 2.94. The second kappa shape index (κ2) is 4.27. The average molecular weight is 276 g/mol. The van der Waals surface area contributed by atoms with Crippen LogP contribution in [-0.4, -0.2) is 13.3 Å². The largest absolute Gasteiger partial charge is 0.274 e. The minimum absolute atomic E-state index is 0.156.